The van der Waals surface area contributed by atoms with Crippen LogP contribution in [0.15, 0.2) is 12.4 Å². The Labute approximate surface area is 175 Å². The van der Waals surface area contributed by atoms with Gasteiger partial charge in [0.1, 0.15) is 11.5 Å². The molecular weight excluding hydrogens is 380 g/mol. The number of nitrogens with zero attached hydrogens (tertiary/aromatic N) is 6. The molecule has 4 heterocycles. The van der Waals surface area contributed by atoms with Gasteiger partial charge in [-0.3, -0.25) is 19.5 Å². The summed E-state index contributed by atoms with van der Waals surface area (Å²) in [5.74, 6) is 1.95. The highest BCUT2D eigenvalue weighted by Gasteiger charge is 2.38. The van der Waals surface area contributed by atoms with Crippen LogP contribution in [0.25, 0.3) is 0 Å². The number of carbonyl (C=O) groups excluding carboxylic acids is 2. The molecule has 0 unspecified atom stereocenters. The van der Waals surface area contributed by atoms with Crippen LogP contribution in [0, 0.1) is 19.8 Å². The fourth-order valence-corrected chi connectivity index (χ4v) is 4.39. The Morgan fingerprint density at radius 3 is 2.67 bits per heavy atom. The number of aromatic nitrogens is 4. The van der Waals surface area contributed by atoms with E-state index >= 15 is 0 Å². The van der Waals surface area contributed by atoms with Crippen LogP contribution in [0.5, 0.6) is 0 Å². The molecule has 156 valence electrons. The Bertz CT molecular complexity index is 1000. The first-order valence-electron chi connectivity index (χ1n) is 10.8. The number of hydrogen-bond donors (Lipinski definition) is 0. The largest absolute Gasteiger partial charge is 0.327 e. The quantitative estimate of drug-likeness (QED) is 0.775. The average molecular weight is 406 g/mol. The van der Waals surface area contributed by atoms with Crippen molar-refractivity contribution in [1.29, 1.82) is 0 Å². The van der Waals surface area contributed by atoms with E-state index in [0.29, 0.717) is 30.4 Å². The second-order valence-electron chi connectivity index (χ2n) is 8.65. The van der Waals surface area contributed by atoms with Crippen molar-refractivity contribution < 1.29 is 9.59 Å². The number of rotatable bonds is 4. The summed E-state index contributed by atoms with van der Waals surface area (Å²) in [4.78, 5) is 47.5. The van der Waals surface area contributed by atoms with Crippen molar-refractivity contribution in [2.75, 3.05) is 18.0 Å². The molecular formula is C22H26N6O2. The molecule has 2 aliphatic heterocycles. The molecule has 0 N–H and O–H groups in total. The highest BCUT2D eigenvalue weighted by atomic mass is 16.2. The maximum Gasteiger partial charge on any atom is 0.274 e. The highest BCUT2D eigenvalue weighted by Crippen LogP contribution is 2.38. The summed E-state index contributed by atoms with van der Waals surface area (Å²) in [6, 6.07) is -0.211. The third kappa shape index (κ3) is 3.44. The van der Waals surface area contributed by atoms with E-state index in [-0.39, 0.29) is 17.9 Å². The standard InChI is InChI=1S/C22H26N6O2/c1-13-10-24-17(11-23-13)22(30)27-8-4-3-5-18(27)20-25-14(2)16-9-19(29)28(21(16)26-20)12-15-6-7-15/h10-11,15,18H,3-9,12H2,1-2H3/t18-/m1/s1. The zero-order valence-corrected chi connectivity index (χ0v) is 17.5. The van der Waals surface area contributed by atoms with Crippen molar-refractivity contribution in [1.82, 2.24) is 24.8 Å². The van der Waals surface area contributed by atoms with Crippen molar-refractivity contribution in [3.8, 4) is 0 Å². The summed E-state index contributed by atoms with van der Waals surface area (Å²) >= 11 is 0. The van der Waals surface area contributed by atoms with Gasteiger partial charge in [0.2, 0.25) is 5.91 Å². The maximum atomic E-state index is 13.2. The number of fused-ring (bicyclic) bond motifs is 1. The number of aryl methyl sites for hydroxylation is 2. The zero-order chi connectivity index (χ0) is 20.8. The molecule has 2 fully saturated rings. The van der Waals surface area contributed by atoms with Gasteiger partial charge >= 0.3 is 0 Å². The van der Waals surface area contributed by atoms with Gasteiger partial charge in [0.25, 0.3) is 5.91 Å². The normalized spacial score (nSPS) is 21.1. The highest BCUT2D eigenvalue weighted by molar-refractivity contribution is 6.00. The molecule has 5 rings (SSSR count). The lowest BCUT2D eigenvalue weighted by Crippen LogP contribution is -2.40. The van der Waals surface area contributed by atoms with Crippen LogP contribution in [-0.2, 0) is 11.2 Å². The van der Waals surface area contributed by atoms with Crippen LogP contribution in [-0.4, -0.2) is 49.7 Å². The van der Waals surface area contributed by atoms with Crippen LogP contribution in [0.4, 0.5) is 5.82 Å². The van der Waals surface area contributed by atoms with Crippen molar-refractivity contribution in [2.45, 2.75) is 58.4 Å². The monoisotopic (exact) mass is 406 g/mol. The molecule has 2 aromatic rings. The SMILES string of the molecule is Cc1cnc(C(=O)N2CCCC[C@@H]2c2nc(C)c3c(n2)N(CC2CC2)C(=O)C3)cn1. The summed E-state index contributed by atoms with van der Waals surface area (Å²) in [6.45, 7) is 5.18. The Hall–Kier alpha value is -2.90. The minimum Gasteiger partial charge on any atom is -0.327 e. The smallest absolute Gasteiger partial charge is 0.274 e. The van der Waals surface area contributed by atoms with Gasteiger partial charge in [-0.25, -0.2) is 15.0 Å². The Kier molecular flexibility index (Phi) is 4.72. The first-order chi connectivity index (χ1) is 14.5. The van der Waals surface area contributed by atoms with Gasteiger partial charge in [-0.1, -0.05) is 0 Å². The van der Waals surface area contributed by atoms with Gasteiger partial charge in [-0.2, -0.15) is 0 Å². The number of piperidine rings is 1. The zero-order valence-electron chi connectivity index (χ0n) is 17.5. The van der Waals surface area contributed by atoms with Crippen LogP contribution in [0.1, 0.15) is 71.4 Å². The maximum absolute atomic E-state index is 13.2. The van der Waals surface area contributed by atoms with E-state index in [1.807, 2.05) is 23.6 Å². The van der Waals surface area contributed by atoms with Gasteiger partial charge in [0.05, 0.1) is 24.4 Å². The molecule has 0 bridgehead atoms. The summed E-state index contributed by atoms with van der Waals surface area (Å²) < 4.78 is 0. The van der Waals surface area contributed by atoms with Gasteiger partial charge in [0.15, 0.2) is 5.82 Å². The minimum absolute atomic E-state index is 0.109. The first-order valence-corrected chi connectivity index (χ1v) is 10.8. The lowest BCUT2D eigenvalue weighted by Gasteiger charge is -2.35. The van der Waals surface area contributed by atoms with Crippen molar-refractivity contribution in [3.63, 3.8) is 0 Å². The molecule has 3 aliphatic rings. The molecule has 1 saturated carbocycles. The first kappa shape index (κ1) is 19.1. The Morgan fingerprint density at radius 1 is 1.10 bits per heavy atom. The molecule has 0 aromatic carbocycles. The van der Waals surface area contributed by atoms with E-state index in [0.717, 1.165) is 48.6 Å². The second kappa shape index (κ2) is 7.41. The van der Waals surface area contributed by atoms with E-state index in [1.165, 1.54) is 19.0 Å². The molecule has 2 amide bonds. The summed E-state index contributed by atoms with van der Waals surface area (Å²) in [7, 11) is 0. The van der Waals surface area contributed by atoms with E-state index in [4.69, 9.17) is 9.97 Å². The van der Waals surface area contributed by atoms with Crippen molar-refractivity contribution in [2.24, 2.45) is 5.92 Å². The summed E-state index contributed by atoms with van der Waals surface area (Å²) in [5, 5.41) is 0. The molecule has 30 heavy (non-hydrogen) atoms. The number of carbonyl (C=O) groups is 2. The van der Waals surface area contributed by atoms with Crippen molar-refractivity contribution >= 4 is 17.6 Å². The van der Waals surface area contributed by atoms with Gasteiger partial charge in [-0.05, 0) is 51.9 Å². The van der Waals surface area contributed by atoms with E-state index in [1.54, 1.807) is 6.20 Å². The van der Waals surface area contributed by atoms with E-state index < -0.39 is 0 Å². The molecule has 1 atom stereocenters. The molecule has 8 heteroatoms. The van der Waals surface area contributed by atoms with E-state index in [2.05, 4.69) is 9.97 Å². The second-order valence-corrected chi connectivity index (χ2v) is 8.65. The van der Waals surface area contributed by atoms with Gasteiger partial charge < -0.3 is 4.90 Å². The van der Waals surface area contributed by atoms with Gasteiger partial charge in [-0.15, -0.1) is 0 Å². The summed E-state index contributed by atoms with van der Waals surface area (Å²) in [5.41, 5.74) is 2.90. The van der Waals surface area contributed by atoms with Gasteiger partial charge in [0, 0.05) is 30.5 Å². The van der Waals surface area contributed by atoms with Crippen molar-refractivity contribution in [3.05, 3.63) is 40.9 Å². The average Bonchev–Trinajstić information content (AvgIpc) is 3.52. The number of anilines is 1. The molecule has 8 nitrogen and oxygen atoms in total. The predicted octanol–water partition coefficient (Wildman–Crippen LogP) is 2.55. The number of likely N-dealkylation sites (tertiary alicyclic amines) is 1. The fourth-order valence-electron chi connectivity index (χ4n) is 4.39. The van der Waals surface area contributed by atoms with Crippen LogP contribution in [0.3, 0.4) is 0 Å². The molecule has 1 aliphatic carbocycles. The van der Waals surface area contributed by atoms with Crippen LogP contribution < -0.4 is 4.90 Å². The van der Waals surface area contributed by atoms with Crippen LogP contribution >= 0.6 is 0 Å². The Balaban J connectivity index is 1.48. The van der Waals surface area contributed by atoms with E-state index in [9.17, 15) is 9.59 Å². The summed E-state index contributed by atoms with van der Waals surface area (Å²) in [6.07, 6.45) is 8.64. The predicted molar refractivity (Wildman–Crippen MR) is 110 cm³/mol. The Morgan fingerprint density at radius 2 is 1.93 bits per heavy atom. The minimum atomic E-state index is -0.211. The molecule has 2 aromatic heterocycles. The number of amides is 2. The topological polar surface area (TPSA) is 92.2 Å². The fraction of sp³-hybridized carbons (Fsp3) is 0.545. The lowest BCUT2D eigenvalue weighted by atomic mass is 10.0. The molecule has 0 radical (unpaired) electrons. The number of hydrogen-bond acceptors (Lipinski definition) is 6. The lowest BCUT2D eigenvalue weighted by molar-refractivity contribution is -0.117. The third-order valence-electron chi connectivity index (χ3n) is 6.29. The van der Waals surface area contributed by atoms with Crippen LogP contribution in [0.2, 0.25) is 0 Å². The molecule has 1 saturated heterocycles. The third-order valence-corrected chi connectivity index (χ3v) is 6.29. The molecule has 0 spiro atoms.